The molecule has 1 aromatic heterocycles. The number of aryl methyl sites for hydroxylation is 1. The highest BCUT2D eigenvalue weighted by Crippen LogP contribution is 2.24. The minimum Gasteiger partial charge on any atom is -0.468 e. The molecule has 0 unspecified atom stereocenters. The second kappa shape index (κ2) is 4.91. The summed E-state index contributed by atoms with van der Waals surface area (Å²) in [6.45, 7) is 6.18. The van der Waals surface area contributed by atoms with Crippen LogP contribution in [-0.2, 0) is 17.6 Å². The molecule has 1 heterocycles. The van der Waals surface area contributed by atoms with E-state index >= 15 is 0 Å². The predicted molar refractivity (Wildman–Crippen MR) is 68.0 cm³/mol. The van der Waals surface area contributed by atoms with E-state index in [4.69, 9.17) is 4.42 Å². The van der Waals surface area contributed by atoms with Crippen molar-refractivity contribution in [1.29, 1.82) is 0 Å². The van der Waals surface area contributed by atoms with E-state index in [1.54, 1.807) is 6.26 Å². The van der Waals surface area contributed by atoms with Crippen LogP contribution in [0, 0.1) is 12.8 Å². The van der Waals surface area contributed by atoms with E-state index in [1.165, 1.54) is 5.57 Å². The zero-order valence-electron chi connectivity index (χ0n) is 10.9. The summed E-state index contributed by atoms with van der Waals surface area (Å²) in [5.41, 5.74) is 3.55. The molecule has 0 radical (unpaired) electrons. The molecule has 1 aromatic rings. The third-order valence-corrected chi connectivity index (χ3v) is 3.62. The lowest BCUT2D eigenvalue weighted by molar-refractivity contribution is -0.121. The fourth-order valence-corrected chi connectivity index (χ4v) is 2.32. The van der Waals surface area contributed by atoms with Crippen molar-refractivity contribution in [3.63, 3.8) is 0 Å². The Hall–Kier alpha value is -1.31. The number of furan rings is 1. The maximum atomic E-state index is 12.1. The number of Topliss-reactive ketones (excluding diaryl/α,β-unsaturated/α-hetero) is 1. The number of ketones is 1. The molecule has 0 spiro atoms. The van der Waals surface area contributed by atoms with E-state index in [0.29, 0.717) is 12.2 Å². The van der Waals surface area contributed by atoms with Gasteiger partial charge in [0.05, 0.1) is 6.26 Å². The smallest absolute Gasteiger partial charge is 0.140 e. The van der Waals surface area contributed by atoms with Gasteiger partial charge in [0.2, 0.25) is 0 Å². The monoisotopic (exact) mass is 232 g/mol. The normalized spacial score (nSPS) is 21.9. The molecule has 2 heteroatoms. The first kappa shape index (κ1) is 12.2. The first-order valence-corrected chi connectivity index (χ1v) is 6.32. The summed E-state index contributed by atoms with van der Waals surface area (Å²) < 4.78 is 5.58. The molecule has 92 valence electrons. The molecule has 0 amide bonds. The van der Waals surface area contributed by atoms with Crippen molar-refractivity contribution in [2.75, 3.05) is 0 Å². The maximum Gasteiger partial charge on any atom is 0.140 e. The summed E-state index contributed by atoms with van der Waals surface area (Å²) in [7, 11) is 0. The molecular weight excluding hydrogens is 212 g/mol. The molecule has 0 fully saturated rings. The largest absolute Gasteiger partial charge is 0.468 e. The minimum atomic E-state index is 0.152. The van der Waals surface area contributed by atoms with E-state index in [0.717, 1.165) is 36.1 Å². The molecule has 2 rings (SSSR count). The molecule has 1 aliphatic carbocycles. The van der Waals surface area contributed by atoms with Gasteiger partial charge in [0.1, 0.15) is 11.5 Å². The lowest BCUT2D eigenvalue weighted by atomic mass is 9.91. The van der Waals surface area contributed by atoms with Crippen LogP contribution in [0.15, 0.2) is 22.3 Å². The van der Waals surface area contributed by atoms with Crippen molar-refractivity contribution in [2.45, 2.75) is 46.5 Å². The third kappa shape index (κ3) is 2.68. The van der Waals surface area contributed by atoms with Crippen molar-refractivity contribution in [3.8, 4) is 0 Å². The van der Waals surface area contributed by atoms with Crippen LogP contribution < -0.4 is 0 Å². The third-order valence-electron chi connectivity index (χ3n) is 3.62. The van der Waals surface area contributed by atoms with Gasteiger partial charge < -0.3 is 4.42 Å². The molecule has 0 N–H and O–H groups in total. The van der Waals surface area contributed by atoms with Gasteiger partial charge in [-0.1, -0.05) is 18.6 Å². The molecule has 0 aromatic carbocycles. The van der Waals surface area contributed by atoms with E-state index in [2.05, 4.69) is 13.0 Å². The minimum absolute atomic E-state index is 0.152. The zero-order chi connectivity index (χ0) is 12.4. The highest BCUT2D eigenvalue weighted by Gasteiger charge is 2.19. The number of hydrogen-bond donors (Lipinski definition) is 0. The van der Waals surface area contributed by atoms with E-state index in [-0.39, 0.29) is 5.92 Å². The molecule has 0 bridgehead atoms. The number of hydrogen-bond acceptors (Lipinski definition) is 2. The van der Waals surface area contributed by atoms with Crippen molar-refractivity contribution in [1.82, 2.24) is 0 Å². The van der Waals surface area contributed by atoms with Gasteiger partial charge in [0, 0.05) is 24.3 Å². The van der Waals surface area contributed by atoms with Crippen molar-refractivity contribution < 1.29 is 9.21 Å². The second-order valence-electron chi connectivity index (χ2n) is 5.17. The van der Waals surface area contributed by atoms with Crippen LogP contribution in [0.3, 0.4) is 0 Å². The van der Waals surface area contributed by atoms with Gasteiger partial charge in [-0.25, -0.2) is 0 Å². The number of allylic oxidation sites excluding steroid dienone is 2. The standard InChI is InChI=1S/C15H20O2/c1-10-5-4-6-11(2)14(16)8-13-12(3)9-17-15(13)7-10/h5,9,11H,4,6-8H2,1-3H3/t11-/m0/s1. The fourth-order valence-electron chi connectivity index (χ4n) is 2.32. The molecular formula is C15H20O2. The van der Waals surface area contributed by atoms with Crippen molar-refractivity contribution >= 4 is 5.78 Å². The summed E-state index contributed by atoms with van der Waals surface area (Å²) in [4.78, 5) is 12.1. The Morgan fingerprint density at radius 1 is 1.29 bits per heavy atom. The lowest BCUT2D eigenvalue weighted by Crippen LogP contribution is -2.15. The van der Waals surface area contributed by atoms with Gasteiger partial charge in [0.25, 0.3) is 0 Å². The van der Waals surface area contributed by atoms with Crippen LogP contribution in [0.1, 0.15) is 43.6 Å². The van der Waals surface area contributed by atoms with Gasteiger partial charge in [0.15, 0.2) is 0 Å². The maximum absolute atomic E-state index is 12.1. The Morgan fingerprint density at radius 3 is 2.82 bits per heavy atom. The predicted octanol–water partition coefficient (Wildman–Crippen LogP) is 3.62. The molecule has 1 atom stereocenters. The molecule has 0 saturated carbocycles. The highest BCUT2D eigenvalue weighted by atomic mass is 16.3. The number of rotatable bonds is 0. The summed E-state index contributed by atoms with van der Waals surface area (Å²) >= 11 is 0. The summed E-state index contributed by atoms with van der Waals surface area (Å²) in [6, 6.07) is 0. The Kier molecular flexibility index (Phi) is 3.51. The Balaban J connectivity index is 2.36. The molecule has 2 nitrogen and oxygen atoms in total. The lowest BCUT2D eigenvalue weighted by Gasteiger charge is -2.12. The first-order chi connectivity index (χ1) is 8.08. The summed E-state index contributed by atoms with van der Waals surface area (Å²) in [5, 5.41) is 0. The average Bonchev–Trinajstić information content (AvgIpc) is 2.60. The quantitative estimate of drug-likeness (QED) is 0.639. The van der Waals surface area contributed by atoms with Gasteiger partial charge in [-0.3, -0.25) is 4.79 Å². The zero-order valence-corrected chi connectivity index (χ0v) is 10.9. The second-order valence-corrected chi connectivity index (χ2v) is 5.17. The Morgan fingerprint density at radius 2 is 2.06 bits per heavy atom. The molecule has 1 aliphatic rings. The topological polar surface area (TPSA) is 30.2 Å². The van der Waals surface area contributed by atoms with Crippen LogP contribution in [0.5, 0.6) is 0 Å². The van der Waals surface area contributed by atoms with Gasteiger partial charge >= 0.3 is 0 Å². The van der Waals surface area contributed by atoms with E-state index in [1.807, 2.05) is 13.8 Å². The van der Waals surface area contributed by atoms with E-state index < -0.39 is 0 Å². The Bertz CT molecular complexity index is 451. The van der Waals surface area contributed by atoms with Crippen LogP contribution >= 0.6 is 0 Å². The van der Waals surface area contributed by atoms with Gasteiger partial charge in [-0.2, -0.15) is 0 Å². The number of carbonyl (C=O) groups is 1. The van der Waals surface area contributed by atoms with Gasteiger partial charge in [-0.15, -0.1) is 0 Å². The van der Waals surface area contributed by atoms with Crippen LogP contribution in [-0.4, -0.2) is 5.78 Å². The van der Waals surface area contributed by atoms with Crippen molar-refractivity contribution in [3.05, 3.63) is 34.8 Å². The van der Waals surface area contributed by atoms with Crippen LogP contribution in [0.2, 0.25) is 0 Å². The number of fused-ring (bicyclic) bond motifs is 1. The van der Waals surface area contributed by atoms with Crippen molar-refractivity contribution in [2.24, 2.45) is 5.92 Å². The highest BCUT2D eigenvalue weighted by molar-refractivity contribution is 5.83. The summed E-state index contributed by atoms with van der Waals surface area (Å²) in [5.74, 6) is 1.46. The molecule has 17 heavy (non-hydrogen) atoms. The summed E-state index contributed by atoms with van der Waals surface area (Å²) in [6.07, 6.45) is 7.33. The molecule has 0 saturated heterocycles. The van der Waals surface area contributed by atoms with E-state index in [9.17, 15) is 4.79 Å². The fraction of sp³-hybridized carbons (Fsp3) is 0.533. The average molecular weight is 232 g/mol. The van der Waals surface area contributed by atoms with Crippen LogP contribution in [0.4, 0.5) is 0 Å². The SMILES string of the molecule is CC1=CCC[C@H](C)C(=O)Cc2c(C)coc2C1. The first-order valence-electron chi connectivity index (χ1n) is 6.32. The molecule has 0 aliphatic heterocycles. The number of carbonyl (C=O) groups excluding carboxylic acids is 1. The Labute approximate surface area is 103 Å². The van der Waals surface area contributed by atoms with Gasteiger partial charge in [-0.05, 0) is 32.3 Å². The van der Waals surface area contributed by atoms with Crippen LogP contribution in [0.25, 0.3) is 0 Å².